The molecule has 0 saturated carbocycles. The zero-order valence-corrected chi connectivity index (χ0v) is 15.3. The van der Waals surface area contributed by atoms with Gasteiger partial charge in [0.2, 0.25) is 5.76 Å². The summed E-state index contributed by atoms with van der Waals surface area (Å²) in [7, 11) is 0. The molecule has 3 aliphatic rings. The average Bonchev–Trinajstić information content (AvgIpc) is 3.09. The van der Waals surface area contributed by atoms with E-state index in [0.717, 1.165) is 24.0 Å². The molecule has 6 heteroatoms. The van der Waals surface area contributed by atoms with E-state index in [1.54, 1.807) is 0 Å². The maximum Gasteiger partial charge on any atom is 0.330 e. The van der Waals surface area contributed by atoms with E-state index in [-0.39, 0.29) is 18.6 Å². The van der Waals surface area contributed by atoms with Crippen molar-refractivity contribution in [3.05, 3.63) is 83.2 Å². The lowest BCUT2D eigenvalue weighted by molar-refractivity contribution is -0.147. The Bertz CT molecular complexity index is 913. The maximum atomic E-state index is 12.6. The predicted molar refractivity (Wildman–Crippen MR) is 102 cm³/mol. The third-order valence-electron chi connectivity index (χ3n) is 5.22. The summed E-state index contributed by atoms with van der Waals surface area (Å²) in [4.78, 5) is 24.6. The number of hydrogen-bond acceptors (Lipinski definition) is 4. The Balaban J connectivity index is 1.40. The number of aliphatic carboxylic acids is 1. The summed E-state index contributed by atoms with van der Waals surface area (Å²) >= 11 is 0. The molecule has 2 N–H and O–H groups in total. The van der Waals surface area contributed by atoms with Gasteiger partial charge in [-0.05, 0) is 24.0 Å². The Morgan fingerprint density at radius 2 is 1.86 bits per heavy atom. The van der Waals surface area contributed by atoms with Crippen molar-refractivity contribution in [2.45, 2.75) is 37.6 Å². The van der Waals surface area contributed by atoms with Gasteiger partial charge in [-0.15, -0.1) is 0 Å². The number of carbonyl (C=O) groups excluding carboxylic acids is 1. The van der Waals surface area contributed by atoms with E-state index >= 15 is 0 Å². The van der Waals surface area contributed by atoms with Crippen molar-refractivity contribution >= 4 is 11.9 Å². The van der Waals surface area contributed by atoms with Gasteiger partial charge in [0.25, 0.3) is 5.91 Å². The van der Waals surface area contributed by atoms with Gasteiger partial charge in [0.05, 0.1) is 0 Å². The predicted octanol–water partition coefficient (Wildman–Crippen LogP) is 3.12. The lowest BCUT2D eigenvalue weighted by Gasteiger charge is -2.26. The van der Waals surface area contributed by atoms with Crippen LogP contribution in [0.5, 0.6) is 0 Å². The minimum atomic E-state index is -1.38. The van der Waals surface area contributed by atoms with Crippen molar-refractivity contribution in [3.8, 4) is 0 Å². The number of allylic oxidation sites excluding steroid dienone is 4. The largest absolute Gasteiger partial charge is 0.479 e. The first-order valence-electron chi connectivity index (χ1n) is 9.25. The standard InChI is InChI=1S/C22H21NO5/c24-20(19-14-27-18(13-28-19)10-15-6-2-1-3-7-15)23-22(21(25)26)11-16-8-4-5-9-17(16)12-22/h1-2,4-6,8-9,13-14H,3,7,10-12H2,(H,23,24)(H,25,26). The number of hydrogen-bond donors (Lipinski definition) is 2. The Labute approximate surface area is 162 Å². The van der Waals surface area contributed by atoms with E-state index in [1.165, 1.54) is 18.1 Å². The van der Waals surface area contributed by atoms with Gasteiger partial charge in [-0.1, -0.05) is 48.1 Å². The van der Waals surface area contributed by atoms with Crippen LogP contribution in [0.15, 0.2) is 72.1 Å². The zero-order chi connectivity index (χ0) is 19.6. The highest BCUT2D eigenvalue weighted by Gasteiger charge is 2.46. The summed E-state index contributed by atoms with van der Waals surface area (Å²) in [6, 6.07) is 7.50. The van der Waals surface area contributed by atoms with Crippen molar-refractivity contribution in [2.24, 2.45) is 0 Å². The van der Waals surface area contributed by atoms with Gasteiger partial charge in [-0.3, -0.25) is 4.79 Å². The highest BCUT2D eigenvalue weighted by molar-refractivity contribution is 5.96. The van der Waals surface area contributed by atoms with Crippen LogP contribution >= 0.6 is 0 Å². The third-order valence-corrected chi connectivity index (χ3v) is 5.22. The molecule has 144 valence electrons. The molecule has 0 spiro atoms. The van der Waals surface area contributed by atoms with Crippen molar-refractivity contribution in [1.82, 2.24) is 5.32 Å². The minimum Gasteiger partial charge on any atom is -0.479 e. The molecule has 1 amide bonds. The van der Waals surface area contributed by atoms with Crippen LogP contribution in [0, 0.1) is 0 Å². The Morgan fingerprint density at radius 1 is 1.11 bits per heavy atom. The number of rotatable bonds is 5. The fourth-order valence-corrected chi connectivity index (χ4v) is 3.72. The summed E-state index contributed by atoms with van der Waals surface area (Å²) in [5, 5.41) is 12.4. The van der Waals surface area contributed by atoms with Crippen LogP contribution in [0.1, 0.15) is 30.4 Å². The van der Waals surface area contributed by atoms with Gasteiger partial charge < -0.3 is 19.9 Å². The summed E-state index contributed by atoms with van der Waals surface area (Å²) in [5.74, 6) is -1.12. The maximum absolute atomic E-state index is 12.6. The molecule has 1 aromatic rings. The second-order valence-electron chi connectivity index (χ2n) is 7.23. The van der Waals surface area contributed by atoms with Gasteiger partial charge >= 0.3 is 5.97 Å². The number of fused-ring (bicyclic) bond motifs is 1. The number of benzene rings is 1. The summed E-state index contributed by atoms with van der Waals surface area (Å²) < 4.78 is 11.0. The quantitative estimate of drug-likeness (QED) is 0.821. The smallest absolute Gasteiger partial charge is 0.330 e. The molecule has 28 heavy (non-hydrogen) atoms. The highest BCUT2D eigenvalue weighted by Crippen LogP contribution is 2.31. The molecule has 4 rings (SSSR count). The molecule has 6 nitrogen and oxygen atoms in total. The van der Waals surface area contributed by atoms with Crippen LogP contribution in [0.4, 0.5) is 0 Å². The Morgan fingerprint density at radius 3 is 2.43 bits per heavy atom. The second-order valence-corrected chi connectivity index (χ2v) is 7.23. The molecule has 0 saturated heterocycles. The molecule has 1 aliphatic heterocycles. The number of amides is 1. The number of ether oxygens (including phenoxy) is 2. The van der Waals surface area contributed by atoms with Gasteiger partial charge in [0.1, 0.15) is 23.8 Å². The number of carboxylic acids is 1. The zero-order valence-electron chi connectivity index (χ0n) is 15.3. The monoisotopic (exact) mass is 379 g/mol. The van der Waals surface area contributed by atoms with E-state index < -0.39 is 17.4 Å². The van der Waals surface area contributed by atoms with E-state index in [9.17, 15) is 14.7 Å². The van der Waals surface area contributed by atoms with Gasteiger partial charge in [-0.25, -0.2) is 4.79 Å². The molecular formula is C22H21NO5. The SMILES string of the molecule is O=C(NC1(C(=O)O)Cc2ccccc2C1)C1=COC(CC2=CC=CCC2)=CO1. The Kier molecular flexibility index (Phi) is 4.77. The first-order valence-corrected chi connectivity index (χ1v) is 9.25. The van der Waals surface area contributed by atoms with E-state index in [2.05, 4.69) is 11.4 Å². The first-order chi connectivity index (χ1) is 13.6. The van der Waals surface area contributed by atoms with Crippen LogP contribution in [-0.2, 0) is 31.9 Å². The second kappa shape index (κ2) is 7.38. The molecular weight excluding hydrogens is 358 g/mol. The van der Waals surface area contributed by atoms with Crippen LogP contribution in [0.3, 0.4) is 0 Å². The van der Waals surface area contributed by atoms with Gasteiger partial charge in [0.15, 0.2) is 0 Å². The number of carboxylic acid groups (broad SMARTS) is 1. The lowest BCUT2D eigenvalue weighted by Crippen LogP contribution is -2.56. The Hall–Kier alpha value is -3.28. The van der Waals surface area contributed by atoms with Gasteiger partial charge in [0, 0.05) is 19.3 Å². The molecule has 2 aliphatic carbocycles. The third kappa shape index (κ3) is 3.58. The van der Waals surface area contributed by atoms with E-state index in [1.807, 2.05) is 36.4 Å². The van der Waals surface area contributed by atoms with Crippen LogP contribution in [0.25, 0.3) is 0 Å². The molecule has 0 atom stereocenters. The van der Waals surface area contributed by atoms with Crippen LogP contribution in [-0.4, -0.2) is 22.5 Å². The van der Waals surface area contributed by atoms with Crippen molar-refractivity contribution in [3.63, 3.8) is 0 Å². The molecule has 0 radical (unpaired) electrons. The molecule has 0 bridgehead atoms. The molecule has 1 heterocycles. The lowest BCUT2D eigenvalue weighted by atomic mass is 9.95. The molecule has 1 aromatic carbocycles. The summed E-state index contributed by atoms with van der Waals surface area (Å²) in [5.41, 5.74) is 1.70. The number of nitrogens with one attached hydrogen (secondary N) is 1. The topological polar surface area (TPSA) is 84.9 Å². The van der Waals surface area contributed by atoms with Crippen LogP contribution in [0.2, 0.25) is 0 Å². The van der Waals surface area contributed by atoms with Gasteiger partial charge in [-0.2, -0.15) is 0 Å². The van der Waals surface area contributed by atoms with Crippen LogP contribution < -0.4 is 5.32 Å². The molecule has 0 unspecified atom stereocenters. The fourth-order valence-electron chi connectivity index (χ4n) is 3.72. The molecule has 0 aromatic heterocycles. The van der Waals surface area contributed by atoms with Crippen molar-refractivity contribution in [1.29, 1.82) is 0 Å². The van der Waals surface area contributed by atoms with E-state index in [0.29, 0.717) is 12.2 Å². The fraction of sp³-hybridized carbons (Fsp3) is 0.273. The average molecular weight is 379 g/mol. The van der Waals surface area contributed by atoms with Crippen molar-refractivity contribution < 1.29 is 24.2 Å². The first kappa shape index (κ1) is 18.1. The summed E-state index contributed by atoms with van der Waals surface area (Å²) in [6.45, 7) is 0. The molecule has 0 fully saturated rings. The van der Waals surface area contributed by atoms with E-state index in [4.69, 9.17) is 9.47 Å². The van der Waals surface area contributed by atoms with Crippen molar-refractivity contribution in [2.75, 3.05) is 0 Å². The minimum absolute atomic E-state index is 0.0575. The summed E-state index contributed by atoms with van der Waals surface area (Å²) in [6.07, 6.45) is 11.9. The highest BCUT2D eigenvalue weighted by atomic mass is 16.5. The number of carbonyl (C=O) groups is 2. The normalized spacial score (nSPS) is 19.4.